The van der Waals surface area contributed by atoms with Gasteiger partial charge in [-0.15, -0.1) is 0 Å². The Hall–Kier alpha value is -4.90. The first-order valence-corrected chi connectivity index (χ1v) is 17.0. The topological polar surface area (TPSA) is 105 Å². The number of carbonyl (C=O) groups excluding carboxylic acids is 2. The summed E-state index contributed by atoms with van der Waals surface area (Å²) in [6.45, 7) is 2.41. The summed E-state index contributed by atoms with van der Waals surface area (Å²) < 4.78 is 54.6. The number of hydrogen-bond donors (Lipinski definition) is 1. The van der Waals surface area contributed by atoms with E-state index in [0.717, 1.165) is 22.7 Å². The Morgan fingerprint density at radius 3 is 2.19 bits per heavy atom. The summed E-state index contributed by atoms with van der Waals surface area (Å²) in [5, 5.41) is 2.95. The van der Waals surface area contributed by atoms with Crippen molar-refractivity contribution in [2.24, 2.45) is 0 Å². The first-order chi connectivity index (χ1) is 22.8. The SMILES string of the molecule is CCCCNC(=O)C(Cc1ccccc1)N(Cc1ccc(F)cc1)C(=O)CN(c1ccc2c(c1)OCCO2)S(=O)(=O)c1ccccc1. The summed E-state index contributed by atoms with van der Waals surface area (Å²) in [7, 11) is -4.27. The lowest BCUT2D eigenvalue weighted by atomic mass is 10.0. The number of anilines is 1. The Kier molecular flexibility index (Phi) is 11.1. The number of sulfonamides is 1. The van der Waals surface area contributed by atoms with Gasteiger partial charge in [0.1, 0.15) is 31.6 Å². The van der Waals surface area contributed by atoms with Crippen molar-refractivity contribution in [2.75, 3.05) is 30.6 Å². The summed E-state index contributed by atoms with van der Waals surface area (Å²) in [4.78, 5) is 29.7. The molecule has 9 nitrogen and oxygen atoms in total. The van der Waals surface area contributed by atoms with Gasteiger partial charge in [0.2, 0.25) is 11.8 Å². The molecule has 5 rings (SSSR count). The molecule has 0 radical (unpaired) electrons. The van der Waals surface area contributed by atoms with Crippen LogP contribution in [0.2, 0.25) is 0 Å². The molecule has 11 heteroatoms. The van der Waals surface area contributed by atoms with Gasteiger partial charge in [-0.05, 0) is 53.9 Å². The molecule has 47 heavy (non-hydrogen) atoms. The van der Waals surface area contributed by atoms with Crippen molar-refractivity contribution in [3.63, 3.8) is 0 Å². The minimum absolute atomic E-state index is 0.00841. The molecule has 0 spiro atoms. The van der Waals surface area contributed by atoms with Crippen molar-refractivity contribution >= 4 is 27.5 Å². The van der Waals surface area contributed by atoms with Gasteiger partial charge in [-0.2, -0.15) is 0 Å². The van der Waals surface area contributed by atoms with Crippen molar-refractivity contribution in [3.8, 4) is 11.5 Å². The van der Waals surface area contributed by atoms with Crippen molar-refractivity contribution in [2.45, 2.75) is 43.7 Å². The minimum atomic E-state index is -4.27. The highest BCUT2D eigenvalue weighted by Crippen LogP contribution is 2.36. The standard InChI is InChI=1S/C36H38FN3O6S/c1-2-3-20-38-36(42)32(23-27-10-6-4-7-11-27)39(25-28-14-16-29(37)17-15-28)35(41)26-40(47(43,44)31-12-8-5-9-13-31)30-18-19-33-34(24-30)46-22-21-45-33/h4-19,24,32H,2-3,20-23,25-26H2,1H3,(H,38,42). The van der Waals surface area contributed by atoms with Crippen LogP contribution in [-0.4, -0.2) is 57.5 Å². The number of nitrogens with zero attached hydrogens (tertiary/aromatic N) is 2. The Bertz CT molecular complexity index is 1750. The summed E-state index contributed by atoms with van der Waals surface area (Å²) in [6.07, 6.45) is 1.80. The van der Waals surface area contributed by atoms with Crippen molar-refractivity contribution in [3.05, 3.63) is 120 Å². The molecule has 0 aromatic heterocycles. The molecular formula is C36H38FN3O6S. The normalized spacial score (nSPS) is 13.0. The third kappa shape index (κ3) is 8.48. The van der Waals surface area contributed by atoms with Gasteiger partial charge in [0.05, 0.1) is 10.6 Å². The van der Waals surface area contributed by atoms with Gasteiger partial charge in [0.15, 0.2) is 11.5 Å². The molecule has 0 aliphatic carbocycles. The molecule has 1 unspecified atom stereocenters. The highest BCUT2D eigenvalue weighted by atomic mass is 32.2. The van der Waals surface area contributed by atoms with Gasteiger partial charge >= 0.3 is 0 Å². The number of carbonyl (C=O) groups is 2. The van der Waals surface area contributed by atoms with Crippen LogP contribution in [0, 0.1) is 5.82 Å². The Morgan fingerprint density at radius 2 is 1.51 bits per heavy atom. The Balaban J connectivity index is 1.56. The summed E-state index contributed by atoms with van der Waals surface area (Å²) in [6, 6.07) is 26.5. The second-order valence-corrected chi connectivity index (χ2v) is 13.0. The van der Waals surface area contributed by atoms with Gasteiger partial charge in [0, 0.05) is 25.6 Å². The van der Waals surface area contributed by atoms with Crippen molar-refractivity contribution < 1.29 is 31.9 Å². The van der Waals surface area contributed by atoms with E-state index in [4.69, 9.17) is 9.47 Å². The number of fused-ring (bicyclic) bond motifs is 1. The van der Waals surface area contributed by atoms with E-state index < -0.39 is 34.3 Å². The average molecular weight is 660 g/mol. The third-order valence-corrected chi connectivity index (χ3v) is 9.58. The molecule has 0 saturated carbocycles. The number of benzene rings is 4. The highest BCUT2D eigenvalue weighted by Gasteiger charge is 2.35. The van der Waals surface area contributed by atoms with Gasteiger partial charge < -0.3 is 19.7 Å². The molecule has 246 valence electrons. The van der Waals surface area contributed by atoms with Crippen molar-refractivity contribution in [1.82, 2.24) is 10.2 Å². The zero-order valence-electron chi connectivity index (χ0n) is 26.2. The van der Waals surface area contributed by atoms with Crippen LogP contribution in [0.15, 0.2) is 108 Å². The number of hydrogen-bond acceptors (Lipinski definition) is 6. The van der Waals surface area contributed by atoms with Crippen LogP contribution < -0.4 is 19.1 Å². The molecule has 4 aromatic carbocycles. The van der Waals surface area contributed by atoms with Gasteiger partial charge in [-0.3, -0.25) is 13.9 Å². The molecule has 0 saturated heterocycles. The fraction of sp³-hybridized carbons (Fsp3) is 0.278. The minimum Gasteiger partial charge on any atom is -0.486 e. The lowest BCUT2D eigenvalue weighted by Gasteiger charge is -2.34. The van der Waals surface area contributed by atoms with Gasteiger partial charge in [-0.1, -0.05) is 74.0 Å². The predicted molar refractivity (Wildman–Crippen MR) is 177 cm³/mol. The van der Waals surface area contributed by atoms with E-state index in [-0.39, 0.29) is 29.5 Å². The molecule has 1 atom stereocenters. The summed E-state index contributed by atoms with van der Waals surface area (Å²) >= 11 is 0. The van der Waals surface area contributed by atoms with E-state index >= 15 is 0 Å². The maximum absolute atomic E-state index is 14.5. The van der Waals surface area contributed by atoms with E-state index in [9.17, 15) is 22.4 Å². The molecule has 1 aliphatic heterocycles. The summed E-state index contributed by atoms with van der Waals surface area (Å²) in [5.74, 6) is -0.601. The molecule has 1 aliphatic rings. The van der Waals surface area contributed by atoms with E-state index in [1.165, 1.54) is 35.2 Å². The average Bonchev–Trinajstić information content (AvgIpc) is 3.10. The van der Waals surface area contributed by atoms with Crippen LogP contribution in [0.5, 0.6) is 11.5 Å². The van der Waals surface area contributed by atoms with Crippen LogP contribution in [0.1, 0.15) is 30.9 Å². The third-order valence-electron chi connectivity index (χ3n) is 7.79. The summed E-state index contributed by atoms with van der Waals surface area (Å²) in [5.41, 5.74) is 1.59. The molecule has 0 fully saturated rings. The van der Waals surface area contributed by atoms with Crippen LogP contribution in [0.25, 0.3) is 0 Å². The van der Waals surface area contributed by atoms with E-state index in [1.807, 2.05) is 37.3 Å². The maximum Gasteiger partial charge on any atom is 0.264 e. The Labute approximate surface area is 275 Å². The Morgan fingerprint density at radius 1 is 0.851 bits per heavy atom. The number of amides is 2. The maximum atomic E-state index is 14.5. The quantitative estimate of drug-likeness (QED) is 0.183. The van der Waals surface area contributed by atoms with Crippen molar-refractivity contribution in [1.29, 1.82) is 0 Å². The second kappa shape index (κ2) is 15.6. The molecule has 2 amide bonds. The number of nitrogens with one attached hydrogen (secondary N) is 1. The highest BCUT2D eigenvalue weighted by molar-refractivity contribution is 7.92. The molecule has 4 aromatic rings. The van der Waals surface area contributed by atoms with Crippen LogP contribution in [0.4, 0.5) is 10.1 Å². The zero-order valence-corrected chi connectivity index (χ0v) is 27.0. The lowest BCUT2D eigenvalue weighted by Crippen LogP contribution is -2.53. The first-order valence-electron chi connectivity index (χ1n) is 15.6. The number of rotatable bonds is 14. The monoisotopic (exact) mass is 659 g/mol. The largest absolute Gasteiger partial charge is 0.486 e. The first kappa shape index (κ1) is 33.5. The zero-order chi connectivity index (χ0) is 33.2. The molecule has 1 N–H and O–H groups in total. The van der Waals surface area contributed by atoms with Crippen LogP contribution in [-0.2, 0) is 32.6 Å². The predicted octanol–water partition coefficient (Wildman–Crippen LogP) is 5.35. The molecular weight excluding hydrogens is 621 g/mol. The number of ether oxygens (including phenoxy) is 2. The van der Waals surface area contributed by atoms with E-state index in [2.05, 4.69) is 5.32 Å². The second-order valence-electron chi connectivity index (χ2n) is 11.2. The van der Waals surface area contributed by atoms with E-state index in [0.29, 0.717) is 36.8 Å². The smallest absolute Gasteiger partial charge is 0.264 e. The van der Waals surface area contributed by atoms with Crippen LogP contribution >= 0.6 is 0 Å². The van der Waals surface area contributed by atoms with Crippen LogP contribution in [0.3, 0.4) is 0 Å². The molecule has 1 heterocycles. The fourth-order valence-electron chi connectivity index (χ4n) is 5.28. The fourth-order valence-corrected chi connectivity index (χ4v) is 6.71. The number of unbranched alkanes of at least 4 members (excludes halogenated alkanes) is 1. The van der Waals surface area contributed by atoms with Gasteiger partial charge in [-0.25, -0.2) is 12.8 Å². The number of halogens is 1. The van der Waals surface area contributed by atoms with Gasteiger partial charge in [0.25, 0.3) is 10.0 Å². The van der Waals surface area contributed by atoms with E-state index in [1.54, 1.807) is 42.5 Å². The molecule has 0 bridgehead atoms. The lowest BCUT2D eigenvalue weighted by molar-refractivity contribution is -0.140.